The molecule has 2 heterocycles. The molecule has 2 aliphatic carbocycles. The molecular formula is C58H51BN2. The van der Waals surface area contributed by atoms with Gasteiger partial charge >= 0.3 is 6.85 Å². The third kappa shape index (κ3) is 4.92. The molecule has 3 heteroatoms. The van der Waals surface area contributed by atoms with Crippen molar-refractivity contribution in [1.29, 1.82) is 0 Å². The van der Waals surface area contributed by atoms with Crippen LogP contribution >= 0.6 is 0 Å². The molecule has 4 aliphatic rings. The standard InChI is InChI=1S/C58H51BN2/c1-34-26-45-44-29-36-16-10-11-17-37(36)30-52(44)61(39-23-24-48-42(31-39)40-18-12-14-20-46(40)57(48,6)7)59-50-32-43-41-19-13-15-21-47(41)58(8,9)49(43)33-53(50)60(54(27-34)55(45)59)51-25-22-38(28-35(51)2)56(3,4)5/h10-33H,1-9H3. The Morgan fingerprint density at radius 1 is 0.459 bits per heavy atom. The fourth-order valence-electron chi connectivity index (χ4n) is 11.8. The zero-order valence-electron chi connectivity index (χ0n) is 36.8. The summed E-state index contributed by atoms with van der Waals surface area (Å²) < 4.78 is 0. The van der Waals surface area contributed by atoms with Crippen LogP contribution in [0.5, 0.6) is 0 Å². The molecule has 0 N–H and O–H groups in total. The van der Waals surface area contributed by atoms with Gasteiger partial charge in [0.2, 0.25) is 0 Å². The Hall–Kier alpha value is -6.32. The van der Waals surface area contributed by atoms with Crippen molar-refractivity contribution in [1.82, 2.24) is 0 Å². The van der Waals surface area contributed by atoms with Crippen LogP contribution < -0.4 is 20.6 Å². The zero-order valence-corrected chi connectivity index (χ0v) is 36.8. The third-order valence-corrected chi connectivity index (χ3v) is 14.9. The van der Waals surface area contributed by atoms with E-state index in [-0.39, 0.29) is 23.1 Å². The quantitative estimate of drug-likeness (QED) is 0.161. The Morgan fingerprint density at radius 2 is 1.08 bits per heavy atom. The molecule has 0 amide bonds. The second-order valence-electron chi connectivity index (χ2n) is 20.3. The predicted octanol–water partition coefficient (Wildman–Crippen LogP) is 14.1. The number of benzene rings is 8. The normalized spacial score (nSPS) is 15.8. The molecule has 8 aromatic rings. The van der Waals surface area contributed by atoms with Crippen molar-refractivity contribution in [2.45, 2.75) is 78.6 Å². The fraction of sp³-hybridized carbons (Fsp3) is 0.207. The van der Waals surface area contributed by atoms with E-state index in [1.807, 2.05) is 0 Å². The number of nitrogens with zero attached hydrogens (tertiary/aromatic N) is 2. The highest BCUT2D eigenvalue weighted by Gasteiger charge is 2.48. The minimum absolute atomic E-state index is 0.0475. The molecule has 0 bridgehead atoms. The van der Waals surface area contributed by atoms with Crippen LogP contribution in [-0.2, 0) is 16.2 Å². The van der Waals surface area contributed by atoms with Crippen LogP contribution in [0.25, 0.3) is 44.2 Å². The van der Waals surface area contributed by atoms with Gasteiger partial charge in [-0.1, -0.05) is 152 Å². The summed E-state index contributed by atoms with van der Waals surface area (Å²) in [5.74, 6) is 0. The summed E-state index contributed by atoms with van der Waals surface area (Å²) in [6, 6.07) is 56.6. The number of rotatable bonds is 2. The molecule has 61 heavy (non-hydrogen) atoms. The van der Waals surface area contributed by atoms with Crippen LogP contribution in [0.4, 0.5) is 28.4 Å². The van der Waals surface area contributed by atoms with Gasteiger partial charge in [-0.3, -0.25) is 0 Å². The molecule has 0 radical (unpaired) electrons. The van der Waals surface area contributed by atoms with Crippen LogP contribution in [0.3, 0.4) is 0 Å². The number of anilines is 5. The SMILES string of the molecule is Cc1cc2c3c(c1)N(c1ccc(C(C)(C)C)cc1C)c1cc4c(cc1B3N(c1ccc3c(c1)-c1ccccc1C3(C)C)c1cc3ccccc3cc1-2)-c1ccccc1C4(C)C. The zero-order chi connectivity index (χ0) is 41.9. The number of hydrogen-bond donors (Lipinski definition) is 0. The topological polar surface area (TPSA) is 6.48 Å². The molecular weight excluding hydrogens is 735 g/mol. The number of hydrogen-bond acceptors (Lipinski definition) is 2. The molecule has 0 aromatic heterocycles. The minimum atomic E-state index is -0.145. The highest BCUT2D eigenvalue weighted by atomic mass is 15.2. The van der Waals surface area contributed by atoms with Gasteiger partial charge in [0.1, 0.15) is 0 Å². The summed E-state index contributed by atoms with van der Waals surface area (Å²) in [7, 11) is 0. The Labute approximate surface area is 361 Å². The maximum Gasteiger partial charge on any atom is 0.333 e. The smallest absolute Gasteiger partial charge is 0.333 e. The van der Waals surface area contributed by atoms with Crippen LogP contribution in [0, 0.1) is 13.8 Å². The summed E-state index contributed by atoms with van der Waals surface area (Å²) in [6.45, 7) is 21.0. The van der Waals surface area contributed by atoms with Crippen molar-refractivity contribution in [3.05, 3.63) is 185 Å². The van der Waals surface area contributed by atoms with E-state index >= 15 is 0 Å². The predicted molar refractivity (Wildman–Crippen MR) is 261 cm³/mol. The van der Waals surface area contributed by atoms with Crippen molar-refractivity contribution in [3.63, 3.8) is 0 Å². The molecule has 0 spiro atoms. The summed E-state index contributed by atoms with van der Waals surface area (Å²) >= 11 is 0. The number of aryl methyl sites for hydroxylation is 2. The van der Waals surface area contributed by atoms with E-state index in [4.69, 9.17) is 0 Å². The van der Waals surface area contributed by atoms with Crippen LogP contribution in [0.2, 0.25) is 0 Å². The van der Waals surface area contributed by atoms with Gasteiger partial charge in [-0.15, -0.1) is 0 Å². The maximum absolute atomic E-state index is 2.71. The van der Waals surface area contributed by atoms with Gasteiger partial charge in [0.15, 0.2) is 0 Å². The summed E-state index contributed by atoms with van der Waals surface area (Å²) in [5.41, 5.74) is 26.3. The molecule has 0 saturated carbocycles. The summed E-state index contributed by atoms with van der Waals surface area (Å²) in [4.78, 5) is 5.34. The summed E-state index contributed by atoms with van der Waals surface area (Å²) in [6.07, 6.45) is 0. The van der Waals surface area contributed by atoms with Gasteiger partial charge in [-0.05, 0) is 150 Å². The van der Waals surface area contributed by atoms with E-state index in [1.54, 1.807) is 0 Å². The van der Waals surface area contributed by atoms with Crippen molar-refractivity contribution < 1.29 is 0 Å². The van der Waals surface area contributed by atoms with E-state index < -0.39 is 0 Å². The van der Waals surface area contributed by atoms with Gasteiger partial charge in [0.05, 0.1) is 0 Å². The van der Waals surface area contributed by atoms with Crippen LogP contribution in [0.1, 0.15) is 87.4 Å². The number of fused-ring (bicyclic) bond motifs is 11. The first kappa shape index (κ1) is 36.5. The highest BCUT2D eigenvalue weighted by molar-refractivity contribution is 6.93. The Balaban J connectivity index is 1.21. The largest absolute Gasteiger partial charge is 0.376 e. The first-order valence-electron chi connectivity index (χ1n) is 22.1. The van der Waals surface area contributed by atoms with Crippen LogP contribution in [0.15, 0.2) is 146 Å². The van der Waals surface area contributed by atoms with E-state index in [0.717, 1.165) is 0 Å². The van der Waals surface area contributed by atoms with Crippen LogP contribution in [-0.4, -0.2) is 6.85 Å². The lowest BCUT2D eigenvalue weighted by Gasteiger charge is -2.46. The fourth-order valence-corrected chi connectivity index (χ4v) is 11.8. The van der Waals surface area contributed by atoms with Crippen molar-refractivity contribution in [2.24, 2.45) is 0 Å². The second-order valence-corrected chi connectivity index (χ2v) is 20.3. The van der Waals surface area contributed by atoms with Gasteiger partial charge in [0.25, 0.3) is 0 Å². The molecule has 0 unspecified atom stereocenters. The lowest BCUT2D eigenvalue weighted by atomic mass is 9.43. The lowest BCUT2D eigenvalue weighted by Crippen LogP contribution is -2.61. The highest BCUT2D eigenvalue weighted by Crippen LogP contribution is 2.55. The van der Waals surface area contributed by atoms with Crippen molar-refractivity contribution >= 4 is 57.0 Å². The van der Waals surface area contributed by atoms with Gasteiger partial charge in [0, 0.05) is 44.8 Å². The van der Waals surface area contributed by atoms with E-state index in [0.29, 0.717) is 0 Å². The van der Waals surface area contributed by atoms with Gasteiger partial charge < -0.3 is 9.71 Å². The molecule has 0 atom stereocenters. The van der Waals surface area contributed by atoms with Crippen molar-refractivity contribution in [3.8, 4) is 33.4 Å². The lowest BCUT2D eigenvalue weighted by molar-refractivity contribution is 0.590. The summed E-state index contributed by atoms with van der Waals surface area (Å²) in [5, 5.41) is 2.52. The average Bonchev–Trinajstić information content (AvgIpc) is 3.61. The maximum atomic E-state index is 2.71. The third-order valence-electron chi connectivity index (χ3n) is 14.9. The second kappa shape index (κ2) is 12.2. The molecule has 296 valence electrons. The molecule has 2 nitrogen and oxygen atoms in total. The molecule has 0 saturated heterocycles. The Morgan fingerprint density at radius 3 is 1.77 bits per heavy atom. The Kier molecular flexibility index (Phi) is 7.28. The monoisotopic (exact) mass is 786 g/mol. The first-order valence-corrected chi connectivity index (χ1v) is 22.1. The van der Waals surface area contributed by atoms with E-state index in [9.17, 15) is 0 Å². The molecule has 0 fully saturated rings. The van der Waals surface area contributed by atoms with E-state index in [2.05, 4.69) is 218 Å². The van der Waals surface area contributed by atoms with Gasteiger partial charge in [-0.2, -0.15) is 0 Å². The Bertz CT molecular complexity index is 3230. The van der Waals surface area contributed by atoms with E-state index in [1.165, 1.54) is 122 Å². The van der Waals surface area contributed by atoms with Gasteiger partial charge in [-0.25, -0.2) is 0 Å². The average molecular weight is 787 g/mol. The minimum Gasteiger partial charge on any atom is -0.376 e. The molecule has 12 rings (SSSR count). The molecule has 8 aromatic carbocycles. The first-order chi connectivity index (χ1) is 29.2. The van der Waals surface area contributed by atoms with Crippen molar-refractivity contribution in [2.75, 3.05) is 9.71 Å². The molecule has 2 aliphatic heterocycles.